The summed E-state index contributed by atoms with van der Waals surface area (Å²) in [4.78, 5) is 6.76. The van der Waals surface area contributed by atoms with Crippen LogP contribution in [0.3, 0.4) is 0 Å². The Labute approximate surface area is 109 Å². The molecule has 100 valence electrons. The van der Waals surface area contributed by atoms with E-state index in [9.17, 15) is 0 Å². The number of anilines is 1. The van der Waals surface area contributed by atoms with Gasteiger partial charge in [0.05, 0.1) is 18.5 Å². The molecular formula is C14H23N3O. The molecule has 0 aliphatic carbocycles. The number of likely N-dealkylation sites (tertiary alicyclic amines) is 1. The van der Waals surface area contributed by atoms with Crippen LogP contribution >= 0.6 is 0 Å². The first-order chi connectivity index (χ1) is 8.81. The zero-order valence-electron chi connectivity index (χ0n) is 11.4. The predicted octanol–water partition coefficient (Wildman–Crippen LogP) is 2.38. The van der Waals surface area contributed by atoms with Crippen molar-refractivity contribution in [1.29, 1.82) is 0 Å². The van der Waals surface area contributed by atoms with Crippen LogP contribution in [-0.4, -0.2) is 42.2 Å². The molecule has 2 heterocycles. The standard InChI is InChI=1S/C14H23N3O/c1-3-17-9-7-12(8-10-17)16-13-5-6-14(15-11-13)18-4-2/h5-6,11-12,16H,3-4,7-10H2,1-2H3. The van der Waals surface area contributed by atoms with Crippen LogP contribution in [0.1, 0.15) is 26.7 Å². The third-order valence-corrected chi connectivity index (χ3v) is 3.43. The Kier molecular flexibility index (Phi) is 4.81. The van der Waals surface area contributed by atoms with E-state index in [0.717, 1.165) is 12.2 Å². The van der Waals surface area contributed by atoms with Crippen LogP contribution in [0.2, 0.25) is 0 Å². The number of nitrogens with zero attached hydrogens (tertiary/aromatic N) is 2. The summed E-state index contributed by atoms with van der Waals surface area (Å²) in [6.45, 7) is 8.41. The molecule has 1 aromatic heterocycles. The Bertz CT molecular complexity index is 345. The van der Waals surface area contributed by atoms with E-state index in [1.165, 1.54) is 25.9 Å². The summed E-state index contributed by atoms with van der Waals surface area (Å²) < 4.78 is 5.33. The predicted molar refractivity (Wildman–Crippen MR) is 74.2 cm³/mol. The van der Waals surface area contributed by atoms with Crippen molar-refractivity contribution in [2.24, 2.45) is 0 Å². The Morgan fingerprint density at radius 2 is 2.11 bits per heavy atom. The van der Waals surface area contributed by atoms with Gasteiger partial charge in [-0.25, -0.2) is 4.98 Å². The van der Waals surface area contributed by atoms with E-state index >= 15 is 0 Å². The molecule has 4 nitrogen and oxygen atoms in total. The van der Waals surface area contributed by atoms with E-state index in [0.29, 0.717) is 18.5 Å². The first-order valence-electron chi connectivity index (χ1n) is 6.89. The highest BCUT2D eigenvalue weighted by Crippen LogP contribution is 2.17. The zero-order valence-corrected chi connectivity index (χ0v) is 11.4. The van der Waals surface area contributed by atoms with Gasteiger partial charge in [-0.05, 0) is 32.4 Å². The van der Waals surface area contributed by atoms with Crippen molar-refractivity contribution < 1.29 is 4.74 Å². The van der Waals surface area contributed by atoms with Crippen LogP contribution in [0.4, 0.5) is 5.69 Å². The van der Waals surface area contributed by atoms with Gasteiger partial charge in [0.1, 0.15) is 0 Å². The van der Waals surface area contributed by atoms with Gasteiger partial charge in [0.2, 0.25) is 5.88 Å². The molecule has 0 amide bonds. The van der Waals surface area contributed by atoms with Crippen molar-refractivity contribution >= 4 is 5.69 Å². The third-order valence-electron chi connectivity index (χ3n) is 3.43. The van der Waals surface area contributed by atoms with Crippen molar-refractivity contribution in [3.63, 3.8) is 0 Å². The minimum Gasteiger partial charge on any atom is -0.478 e. The van der Waals surface area contributed by atoms with Crippen LogP contribution in [0.15, 0.2) is 18.3 Å². The van der Waals surface area contributed by atoms with Gasteiger partial charge in [-0.2, -0.15) is 0 Å². The second-order valence-corrected chi connectivity index (χ2v) is 4.67. The average Bonchev–Trinajstić information content (AvgIpc) is 2.42. The number of rotatable bonds is 5. The van der Waals surface area contributed by atoms with Gasteiger partial charge in [0, 0.05) is 25.2 Å². The lowest BCUT2D eigenvalue weighted by Crippen LogP contribution is -2.38. The molecule has 0 spiro atoms. The number of aromatic nitrogens is 1. The van der Waals surface area contributed by atoms with Crippen molar-refractivity contribution in [3.8, 4) is 5.88 Å². The summed E-state index contributed by atoms with van der Waals surface area (Å²) in [5, 5.41) is 3.55. The monoisotopic (exact) mass is 249 g/mol. The topological polar surface area (TPSA) is 37.4 Å². The maximum atomic E-state index is 5.33. The molecule has 1 saturated heterocycles. The van der Waals surface area contributed by atoms with E-state index in [1.807, 2.05) is 25.3 Å². The number of piperidine rings is 1. The fraction of sp³-hybridized carbons (Fsp3) is 0.643. The molecule has 1 N–H and O–H groups in total. The molecule has 0 unspecified atom stereocenters. The molecule has 2 rings (SSSR count). The fourth-order valence-corrected chi connectivity index (χ4v) is 2.33. The lowest BCUT2D eigenvalue weighted by atomic mass is 10.0. The molecule has 0 bridgehead atoms. The molecule has 0 radical (unpaired) electrons. The van der Waals surface area contributed by atoms with Gasteiger partial charge >= 0.3 is 0 Å². The quantitative estimate of drug-likeness (QED) is 0.869. The molecule has 18 heavy (non-hydrogen) atoms. The molecule has 1 aromatic rings. The van der Waals surface area contributed by atoms with E-state index in [1.54, 1.807) is 0 Å². The Balaban J connectivity index is 1.82. The van der Waals surface area contributed by atoms with Crippen molar-refractivity contribution in [3.05, 3.63) is 18.3 Å². The lowest BCUT2D eigenvalue weighted by Gasteiger charge is -2.31. The third kappa shape index (κ3) is 3.60. The highest BCUT2D eigenvalue weighted by atomic mass is 16.5. The minimum absolute atomic E-state index is 0.576. The lowest BCUT2D eigenvalue weighted by molar-refractivity contribution is 0.229. The Hall–Kier alpha value is -1.29. The summed E-state index contributed by atoms with van der Waals surface area (Å²) in [5.74, 6) is 0.698. The van der Waals surface area contributed by atoms with Crippen LogP contribution in [0.25, 0.3) is 0 Å². The minimum atomic E-state index is 0.576. The summed E-state index contributed by atoms with van der Waals surface area (Å²) >= 11 is 0. The highest BCUT2D eigenvalue weighted by molar-refractivity contribution is 5.43. The molecule has 0 atom stereocenters. The molecule has 1 aliphatic rings. The van der Waals surface area contributed by atoms with Gasteiger partial charge in [-0.1, -0.05) is 6.92 Å². The van der Waals surface area contributed by atoms with E-state index in [2.05, 4.69) is 22.1 Å². The highest BCUT2D eigenvalue weighted by Gasteiger charge is 2.17. The van der Waals surface area contributed by atoms with Gasteiger partial charge in [0.25, 0.3) is 0 Å². The first kappa shape index (κ1) is 13.1. The van der Waals surface area contributed by atoms with Crippen LogP contribution < -0.4 is 10.1 Å². The SMILES string of the molecule is CCOc1ccc(NC2CCN(CC)CC2)cn1. The fourth-order valence-electron chi connectivity index (χ4n) is 2.33. The second kappa shape index (κ2) is 6.59. The normalized spacial score (nSPS) is 17.7. The van der Waals surface area contributed by atoms with Crippen LogP contribution in [0.5, 0.6) is 5.88 Å². The van der Waals surface area contributed by atoms with E-state index in [-0.39, 0.29) is 0 Å². The number of hydrogen-bond donors (Lipinski definition) is 1. The van der Waals surface area contributed by atoms with Crippen molar-refractivity contribution in [1.82, 2.24) is 9.88 Å². The molecule has 4 heteroatoms. The summed E-state index contributed by atoms with van der Waals surface area (Å²) in [6, 6.07) is 4.55. The zero-order chi connectivity index (χ0) is 12.8. The molecular weight excluding hydrogens is 226 g/mol. The van der Waals surface area contributed by atoms with Crippen LogP contribution in [-0.2, 0) is 0 Å². The largest absolute Gasteiger partial charge is 0.478 e. The molecule has 0 saturated carbocycles. The number of ether oxygens (including phenoxy) is 1. The van der Waals surface area contributed by atoms with Crippen molar-refractivity contribution in [2.75, 3.05) is 31.6 Å². The maximum absolute atomic E-state index is 5.33. The van der Waals surface area contributed by atoms with Crippen LogP contribution in [0, 0.1) is 0 Å². The Morgan fingerprint density at radius 3 is 2.67 bits per heavy atom. The summed E-state index contributed by atoms with van der Waals surface area (Å²) in [6.07, 6.45) is 4.28. The molecule has 0 aromatic carbocycles. The molecule has 1 aliphatic heterocycles. The maximum Gasteiger partial charge on any atom is 0.213 e. The van der Waals surface area contributed by atoms with Crippen molar-refractivity contribution in [2.45, 2.75) is 32.7 Å². The van der Waals surface area contributed by atoms with Gasteiger partial charge in [0.15, 0.2) is 0 Å². The van der Waals surface area contributed by atoms with Gasteiger partial charge in [-0.3, -0.25) is 0 Å². The summed E-state index contributed by atoms with van der Waals surface area (Å²) in [7, 11) is 0. The number of nitrogens with one attached hydrogen (secondary N) is 1. The number of hydrogen-bond acceptors (Lipinski definition) is 4. The average molecular weight is 249 g/mol. The number of pyridine rings is 1. The Morgan fingerprint density at radius 1 is 1.33 bits per heavy atom. The van der Waals surface area contributed by atoms with E-state index < -0.39 is 0 Å². The first-order valence-corrected chi connectivity index (χ1v) is 6.89. The second-order valence-electron chi connectivity index (χ2n) is 4.67. The smallest absolute Gasteiger partial charge is 0.213 e. The molecule has 1 fully saturated rings. The van der Waals surface area contributed by atoms with Gasteiger partial charge in [-0.15, -0.1) is 0 Å². The van der Waals surface area contributed by atoms with E-state index in [4.69, 9.17) is 4.74 Å². The summed E-state index contributed by atoms with van der Waals surface area (Å²) in [5.41, 5.74) is 1.09. The van der Waals surface area contributed by atoms with Gasteiger partial charge < -0.3 is 15.0 Å².